The summed E-state index contributed by atoms with van der Waals surface area (Å²) in [5.74, 6) is 1.22. The molecule has 1 amide bonds. The van der Waals surface area contributed by atoms with Gasteiger partial charge in [-0.2, -0.15) is 5.10 Å². The number of aromatic nitrogens is 4. The molecule has 0 fully saturated rings. The minimum absolute atomic E-state index is 0.0667. The van der Waals surface area contributed by atoms with Crippen LogP contribution in [0.2, 0.25) is 5.02 Å². The predicted octanol–water partition coefficient (Wildman–Crippen LogP) is 4.26. The first-order valence-corrected chi connectivity index (χ1v) is 11.5. The Morgan fingerprint density at radius 3 is 2.68 bits per heavy atom. The summed E-state index contributed by atoms with van der Waals surface area (Å²) in [6.45, 7) is 4.32. The normalized spacial score (nSPS) is 14.5. The third-order valence-electron chi connectivity index (χ3n) is 5.98. The molecule has 0 spiro atoms. The van der Waals surface area contributed by atoms with Crippen molar-refractivity contribution in [2.75, 3.05) is 6.54 Å². The highest BCUT2D eigenvalue weighted by Crippen LogP contribution is 2.39. The Hall–Kier alpha value is -3.71. The highest BCUT2D eigenvalue weighted by atomic mass is 35.5. The molecule has 8 heteroatoms. The van der Waals surface area contributed by atoms with E-state index in [2.05, 4.69) is 20.4 Å². The van der Waals surface area contributed by atoms with Gasteiger partial charge in [0, 0.05) is 40.7 Å². The summed E-state index contributed by atoms with van der Waals surface area (Å²) in [7, 11) is 0. The number of carbonyl (C=O) groups excluding carboxylic acids is 1. The van der Waals surface area contributed by atoms with Crippen LogP contribution in [-0.4, -0.2) is 38.3 Å². The van der Waals surface area contributed by atoms with E-state index in [1.54, 1.807) is 18.5 Å². The summed E-state index contributed by atoms with van der Waals surface area (Å²) in [5, 5.41) is 8.26. The predicted molar refractivity (Wildman–Crippen MR) is 130 cm³/mol. The summed E-state index contributed by atoms with van der Waals surface area (Å²) < 4.78 is 8.07. The van der Waals surface area contributed by atoms with E-state index < -0.39 is 0 Å². The molecule has 2 aromatic heterocycles. The van der Waals surface area contributed by atoms with Crippen LogP contribution in [0.1, 0.15) is 22.5 Å². The molecule has 4 aromatic rings. The molecule has 1 N–H and O–H groups in total. The van der Waals surface area contributed by atoms with Crippen LogP contribution < -0.4 is 10.1 Å². The van der Waals surface area contributed by atoms with Crippen molar-refractivity contribution in [2.45, 2.75) is 32.8 Å². The highest BCUT2D eigenvalue weighted by Gasteiger charge is 2.28. The second-order valence-electron chi connectivity index (χ2n) is 8.34. The van der Waals surface area contributed by atoms with Crippen molar-refractivity contribution in [3.63, 3.8) is 0 Å². The average molecular weight is 474 g/mol. The Bertz CT molecular complexity index is 1340. The Balaban J connectivity index is 1.25. The summed E-state index contributed by atoms with van der Waals surface area (Å²) >= 11 is 6.33. The zero-order valence-corrected chi connectivity index (χ0v) is 19.7. The molecule has 0 unspecified atom stereocenters. The topological polar surface area (TPSA) is 81.9 Å². The Kier molecular flexibility index (Phi) is 6.02. The molecule has 1 aliphatic rings. The zero-order chi connectivity index (χ0) is 23.7. The number of benzene rings is 2. The molecular formula is C26H24ClN5O2. The quantitative estimate of drug-likeness (QED) is 0.452. The molecule has 2 aromatic carbocycles. The number of ether oxygens (including phenoxy) is 1. The number of aryl methyl sites for hydroxylation is 1. The van der Waals surface area contributed by atoms with Crippen LogP contribution in [0.3, 0.4) is 0 Å². The molecule has 0 saturated heterocycles. The number of nitrogens with zero attached hydrogens (tertiary/aromatic N) is 4. The summed E-state index contributed by atoms with van der Waals surface area (Å²) in [6.07, 6.45) is 4.10. The van der Waals surface area contributed by atoms with Gasteiger partial charge in [-0.15, -0.1) is 0 Å². The molecule has 5 rings (SSSR count). The van der Waals surface area contributed by atoms with Crippen LogP contribution in [0.4, 0.5) is 0 Å². The van der Waals surface area contributed by atoms with E-state index >= 15 is 0 Å². The molecule has 0 radical (unpaired) electrons. The average Bonchev–Trinajstić information content (AvgIpc) is 3.39. The first-order valence-electron chi connectivity index (χ1n) is 11.1. The molecule has 0 aliphatic carbocycles. The van der Waals surface area contributed by atoms with Crippen molar-refractivity contribution >= 4 is 17.5 Å². The Morgan fingerprint density at radius 1 is 1.15 bits per heavy atom. The van der Waals surface area contributed by atoms with E-state index in [-0.39, 0.29) is 18.4 Å². The second kappa shape index (κ2) is 9.27. The SMILES string of the molecule is Cc1nn(-c2ccccc2)c(C)c1CC(=O)NC[C@@H]1Cc2cc(Cl)cc(-c3ncccn3)c2O1. The van der Waals surface area contributed by atoms with Gasteiger partial charge in [0.25, 0.3) is 0 Å². The number of rotatable bonds is 6. The zero-order valence-electron chi connectivity index (χ0n) is 19.0. The Morgan fingerprint density at radius 2 is 1.91 bits per heavy atom. The van der Waals surface area contributed by atoms with E-state index in [1.807, 2.05) is 61.0 Å². The molecule has 0 bridgehead atoms. The third-order valence-corrected chi connectivity index (χ3v) is 6.19. The summed E-state index contributed by atoms with van der Waals surface area (Å²) in [5.41, 5.74) is 5.48. The summed E-state index contributed by atoms with van der Waals surface area (Å²) in [4.78, 5) is 21.4. The van der Waals surface area contributed by atoms with E-state index in [1.165, 1.54) is 0 Å². The number of halogens is 1. The maximum atomic E-state index is 12.8. The highest BCUT2D eigenvalue weighted by molar-refractivity contribution is 6.31. The van der Waals surface area contributed by atoms with Crippen molar-refractivity contribution in [1.82, 2.24) is 25.1 Å². The lowest BCUT2D eigenvalue weighted by Gasteiger charge is -2.13. The van der Waals surface area contributed by atoms with Crippen LogP contribution in [0.25, 0.3) is 17.1 Å². The van der Waals surface area contributed by atoms with E-state index in [0.717, 1.165) is 39.5 Å². The lowest BCUT2D eigenvalue weighted by molar-refractivity contribution is -0.120. The summed E-state index contributed by atoms with van der Waals surface area (Å²) in [6, 6.07) is 15.4. The van der Waals surface area contributed by atoms with Gasteiger partial charge in [0.05, 0.1) is 29.9 Å². The maximum absolute atomic E-state index is 12.8. The van der Waals surface area contributed by atoms with Crippen LogP contribution in [-0.2, 0) is 17.6 Å². The number of para-hydroxylation sites is 1. The van der Waals surface area contributed by atoms with Crippen molar-refractivity contribution in [2.24, 2.45) is 0 Å². The van der Waals surface area contributed by atoms with Crippen molar-refractivity contribution < 1.29 is 9.53 Å². The smallest absolute Gasteiger partial charge is 0.224 e. The number of amides is 1. The van der Waals surface area contributed by atoms with Gasteiger partial charge in [-0.05, 0) is 44.2 Å². The molecule has 1 atom stereocenters. The molecular weight excluding hydrogens is 450 g/mol. The van der Waals surface area contributed by atoms with Gasteiger partial charge in [0.15, 0.2) is 5.82 Å². The van der Waals surface area contributed by atoms with Gasteiger partial charge in [0.2, 0.25) is 5.91 Å². The van der Waals surface area contributed by atoms with Crippen LogP contribution in [0, 0.1) is 13.8 Å². The van der Waals surface area contributed by atoms with Gasteiger partial charge in [0.1, 0.15) is 11.9 Å². The number of nitrogens with one attached hydrogen (secondary N) is 1. The fraction of sp³-hybridized carbons (Fsp3) is 0.231. The third kappa shape index (κ3) is 4.39. The fourth-order valence-corrected chi connectivity index (χ4v) is 4.56. The number of hydrogen-bond donors (Lipinski definition) is 1. The lowest BCUT2D eigenvalue weighted by atomic mass is 10.1. The van der Waals surface area contributed by atoms with Gasteiger partial charge in [-0.25, -0.2) is 14.6 Å². The molecule has 172 valence electrons. The number of fused-ring (bicyclic) bond motifs is 1. The molecule has 34 heavy (non-hydrogen) atoms. The van der Waals surface area contributed by atoms with E-state index in [4.69, 9.17) is 16.3 Å². The van der Waals surface area contributed by atoms with Gasteiger partial charge >= 0.3 is 0 Å². The second-order valence-corrected chi connectivity index (χ2v) is 8.77. The van der Waals surface area contributed by atoms with Crippen LogP contribution in [0.15, 0.2) is 60.9 Å². The Labute approximate surface area is 202 Å². The lowest BCUT2D eigenvalue weighted by Crippen LogP contribution is -2.35. The first-order chi connectivity index (χ1) is 16.5. The van der Waals surface area contributed by atoms with Gasteiger partial charge < -0.3 is 10.1 Å². The van der Waals surface area contributed by atoms with E-state index in [0.29, 0.717) is 23.8 Å². The monoisotopic (exact) mass is 473 g/mol. The van der Waals surface area contributed by atoms with Crippen molar-refractivity contribution in [3.8, 4) is 22.8 Å². The van der Waals surface area contributed by atoms with Crippen LogP contribution in [0.5, 0.6) is 5.75 Å². The molecule has 7 nitrogen and oxygen atoms in total. The number of carbonyl (C=O) groups is 1. The van der Waals surface area contributed by atoms with Crippen molar-refractivity contribution in [1.29, 1.82) is 0 Å². The van der Waals surface area contributed by atoms with Gasteiger partial charge in [-0.1, -0.05) is 29.8 Å². The standard InChI is InChI=1S/C26H24ClN5O2/c1-16-22(17(2)32(31-16)20-7-4-3-5-8-20)14-24(33)30-15-21-12-18-11-19(27)13-23(25(18)34-21)26-28-9-6-10-29-26/h3-11,13,21H,12,14-15H2,1-2H3,(H,30,33)/t21-/m0/s1. The number of hydrogen-bond acceptors (Lipinski definition) is 5. The van der Waals surface area contributed by atoms with Gasteiger partial charge in [-0.3, -0.25) is 4.79 Å². The van der Waals surface area contributed by atoms with E-state index in [9.17, 15) is 4.79 Å². The largest absolute Gasteiger partial charge is 0.487 e. The molecule has 0 saturated carbocycles. The minimum Gasteiger partial charge on any atom is -0.487 e. The maximum Gasteiger partial charge on any atom is 0.224 e. The first kappa shape index (κ1) is 22.1. The van der Waals surface area contributed by atoms with Crippen molar-refractivity contribution in [3.05, 3.63) is 88.5 Å². The molecule has 1 aliphatic heterocycles. The fourth-order valence-electron chi connectivity index (χ4n) is 4.31. The molecule has 3 heterocycles. The van der Waals surface area contributed by atoms with Crippen LogP contribution >= 0.6 is 11.6 Å². The minimum atomic E-state index is -0.186.